The summed E-state index contributed by atoms with van der Waals surface area (Å²) in [5.74, 6) is -0.882. The van der Waals surface area contributed by atoms with Gasteiger partial charge in [-0.2, -0.15) is 0 Å². The quantitative estimate of drug-likeness (QED) is 0.0261. The van der Waals surface area contributed by atoms with Gasteiger partial charge in [-0.15, -0.1) is 0 Å². The van der Waals surface area contributed by atoms with E-state index in [1.807, 2.05) is 0 Å². The van der Waals surface area contributed by atoms with E-state index in [9.17, 15) is 14.4 Å². The molecule has 0 aliphatic heterocycles. The van der Waals surface area contributed by atoms with Crippen molar-refractivity contribution in [1.82, 2.24) is 0 Å². The normalized spacial score (nSPS) is 12.4. The maximum absolute atomic E-state index is 12.9. The summed E-state index contributed by atoms with van der Waals surface area (Å²) in [5.41, 5.74) is 0. The van der Waals surface area contributed by atoms with Crippen molar-refractivity contribution in [3.05, 3.63) is 60.8 Å². The molecule has 0 aliphatic rings. The van der Waals surface area contributed by atoms with Crippen LogP contribution in [0.15, 0.2) is 60.8 Å². The van der Waals surface area contributed by atoms with Crippen molar-refractivity contribution >= 4 is 17.9 Å². The molecule has 0 rings (SSSR count). The Bertz CT molecular complexity index is 1310. The van der Waals surface area contributed by atoms with Crippen molar-refractivity contribution in [2.45, 2.75) is 335 Å². The molecule has 1 atom stereocenters. The lowest BCUT2D eigenvalue weighted by Crippen LogP contribution is -2.30. The van der Waals surface area contributed by atoms with Crippen molar-refractivity contribution in [2.75, 3.05) is 13.2 Å². The number of carbonyl (C=O) groups is 3. The molecule has 6 heteroatoms. The Morgan fingerprint density at radius 3 is 0.795 bits per heavy atom. The Morgan fingerprint density at radius 2 is 0.493 bits per heavy atom. The second-order valence-electron chi connectivity index (χ2n) is 21.3. The van der Waals surface area contributed by atoms with Crippen LogP contribution in [-0.2, 0) is 28.6 Å². The average Bonchev–Trinajstić information content (AvgIpc) is 3.39. The number of esters is 3. The van der Waals surface area contributed by atoms with Gasteiger partial charge in [0.2, 0.25) is 0 Å². The second-order valence-corrected chi connectivity index (χ2v) is 21.3. The highest BCUT2D eigenvalue weighted by atomic mass is 16.6. The standard InChI is InChI=1S/C67H120O6/c1-4-7-10-13-16-19-22-25-28-30-31-32-33-34-35-37-39-42-45-48-51-54-57-60-66(69)72-63-64(62-71-65(68)59-56-53-50-47-44-41-38-27-24-21-18-15-12-9-6-3)73-67(70)61-58-55-52-49-46-43-40-36-29-26-23-20-17-14-11-8-5-2/h17,20,22,25-27,29-31,38,64H,4-16,18-19,21,23-24,28,32-37,39-63H2,1-3H3/b20-17-,25-22-,29-26-,31-30-,38-27-. The van der Waals surface area contributed by atoms with Gasteiger partial charge in [0.25, 0.3) is 0 Å². The lowest BCUT2D eigenvalue weighted by molar-refractivity contribution is -0.167. The molecule has 0 aliphatic carbocycles. The van der Waals surface area contributed by atoms with Gasteiger partial charge in [0, 0.05) is 19.3 Å². The summed E-state index contributed by atoms with van der Waals surface area (Å²) in [6, 6.07) is 0. The molecule has 424 valence electrons. The van der Waals surface area contributed by atoms with Crippen molar-refractivity contribution in [3.63, 3.8) is 0 Å². The lowest BCUT2D eigenvalue weighted by atomic mass is 10.0. The third-order valence-electron chi connectivity index (χ3n) is 14.0. The predicted molar refractivity (Wildman–Crippen MR) is 316 cm³/mol. The molecule has 0 heterocycles. The fourth-order valence-corrected chi connectivity index (χ4v) is 9.15. The highest BCUT2D eigenvalue weighted by molar-refractivity contribution is 5.71. The van der Waals surface area contributed by atoms with E-state index in [0.29, 0.717) is 19.3 Å². The lowest BCUT2D eigenvalue weighted by Gasteiger charge is -2.18. The molecule has 73 heavy (non-hydrogen) atoms. The van der Waals surface area contributed by atoms with Crippen LogP contribution < -0.4 is 0 Å². The fourth-order valence-electron chi connectivity index (χ4n) is 9.15. The zero-order valence-corrected chi connectivity index (χ0v) is 48.7. The van der Waals surface area contributed by atoms with Crippen LogP contribution in [0.4, 0.5) is 0 Å². The van der Waals surface area contributed by atoms with Crippen LogP contribution >= 0.6 is 0 Å². The van der Waals surface area contributed by atoms with Crippen molar-refractivity contribution in [2.24, 2.45) is 0 Å². The van der Waals surface area contributed by atoms with E-state index in [4.69, 9.17) is 14.2 Å². The maximum Gasteiger partial charge on any atom is 0.306 e. The van der Waals surface area contributed by atoms with Crippen LogP contribution in [0.25, 0.3) is 0 Å². The highest BCUT2D eigenvalue weighted by Crippen LogP contribution is 2.16. The van der Waals surface area contributed by atoms with Crippen molar-refractivity contribution in [1.29, 1.82) is 0 Å². The Labute approximate surface area is 453 Å². The van der Waals surface area contributed by atoms with Crippen molar-refractivity contribution < 1.29 is 28.6 Å². The summed E-state index contributed by atoms with van der Waals surface area (Å²) in [6.45, 7) is 6.62. The van der Waals surface area contributed by atoms with Gasteiger partial charge in [-0.25, -0.2) is 0 Å². The summed E-state index contributed by atoms with van der Waals surface area (Å²) >= 11 is 0. The summed E-state index contributed by atoms with van der Waals surface area (Å²) in [5, 5.41) is 0. The number of allylic oxidation sites excluding steroid dienone is 10. The van der Waals surface area contributed by atoms with E-state index in [1.54, 1.807) is 0 Å². The number of unbranched alkanes of at least 4 members (excludes halogenated alkanes) is 37. The molecule has 0 saturated heterocycles. The molecular formula is C67H120O6. The topological polar surface area (TPSA) is 78.9 Å². The van der Waals surface area contributed by atoms with E-state index < -0.39 is 6.10 Å². The molecule has 1 unspecified atom stereocenters. The molecule has 0 aromatic heterocycles. The third kappa shape index (κ3) is 59.9. The number of hydrogen-bond donors (Lipinski definition) is 0. The number of hydrogen-bond acceptors (Lipinski definition) is 6. The zero-order chi connectivity index (χ0) is 52.9. The largest absolute Gasteiger partial charge is 0.462 e. The molecule has 0 saturated carbocycles. The summed E-state index contributed by atoms with van der Waals surface area (Å²) < 4.78 is 16.9. The van der Waals surface area contributed by atoms with E-state index in [2.05, 4.69) is 81.5 Å². The molecule has 0 aromatic carbocycles. The van der Waals surface area contributed by atoms with Gasteiger partial charge in [0.15, 0.2) is 6.10 Å². The van der Waals surface area contributed by atoms with Gasteiger partial charge in [-0.3, -0.25) is 14.4 Å². The number of ether oxygens (including phenoxy) is 3. The molecule has 0 radical (unpaired) electrons. The molecule has 0 bridgehead atoms. The first-order valence-electron chi connectivity index (χ1n) is 31.8. The van der Waals surface area contributed by atoms with Gasteiger partial charge in [-0.1, -0.05) is 261 Å². The molecule has 6 nitrogen and oxygen atoms in total. The first-order valence-corrected chi connectivity index (χ1v) is 31.8. The van der Waals surface area contributed by atoms with Crippen LogP contribution in [0.1, 0.15) is 329 Å². The molecular weight excluding hydrogens is 901 g/mol. The first-order chi connectivity index (χ1) is 36.0. The molecule has 0 N–H and O–H groups in total. The summed E-state index contributed by atoms with van der Waals surface area (Å²) in [6.07, 6.45) is 77.9. The maximum atomic E-state index is 12.9. The molecule has 0 amide bonds. The minimum atomic E-state index is -0.783. The van der Waals surface area contributed by atoms with E-state index in [0.717, 1.165) is 83.5 Å². The first kappa shape index (κ1) is 70.1. The van der Waals surface area contributed by atoms with Crippen LogP contribution in [0.2, 0.25) is 0 Å². The monoisotopic (exact) mass is 1020 g/mol. The van der Waals surface area contributed by atoms with Gasteiger partial charge in [0.1, 0.15) is 13.2 Å². The van der Waals surface area contributed by atoms with Gasteiger partial charge >= 0.3 is 17.9 Å². The smallest absolute Gasteiger partial charge is 0.306 e. The Kier molecular flexibility index (Phi) is 59.2. The van der Waals surface area contributed by atoms with E-state index >= 15 is 0 Å². The van der Waals surface area contributed by atoms with E-state index in [-0.39, 0.29) is 31.1 Å². The van der Waals surface area contributed by atoms with Crippen LogP contribution in [0.3, 0.4) is 0 Å². The van der Waals surface area contributed by atoms with Crippen LogP contribution in [-0.4, -0.2) is 37.2 Å². The fraction of sp³-hybridized carbons (Fsp3) is 0.806. The second kappa shape index (κ2) is 61.7. The van der Waals surface area contributed by atoms with Gasteiger partial charge in [-0.05, 0) is 109 Å². The number of rotatable bonds is 58. The minimum absolute atomic E-state index is 0.0795. The minimum Gasteiger partial charge on any atom is -0.462 e. The zero-order valence-electron chi connectivity index (χ0n) is 48.7. The molecule has 0 aromatic rings. The highest BCUT2D eigenvalue weighted by Gasteiger charge is 2.19. The van der Waals surface area contributed by atoms with Gasteiger partial charge in [0.05, 0.1) is 0 Å². The Hall–Kier alpha value is -2.89. The van der Waals surface area contributed by atoms with Crippen LogP contribution in [0.5, 0.6) is 0 Å². The Balaban J connectivity index is 4.34. The van der Waals surface area contributed by atoms with Crippen LogP contribution in [0, 0.1) is 0 Å². The average molecular weight is 1020 g/mol. The van der Waals surface area contributed by atoms with Gasteiger partial charge < -0.3 is 14.2 Å². The Morgan fingerprint density at radius 1 is 0.274 bits per heavy atom. The summed E-state index contributed by atoms with van der Waals surface area (Å²) in [4.78, 5) is 38.3. The SMILES string of the molecule is CCCCC/C=C\C/C=C\CCCCCCCCCC(=O)OC(COC(=O)CCCCCCC/C=C\CCCCCCCC)COC(=O)CCCCCCCCCCCCC/C=C\C/C=C\CCCCCCC. The molecule has 0 spiro atoms. The predicted octanol–water partition coefficient (Wildman–Crippen LogP) is 21.6. The van der Waals surface area contributed by atoms with E-state index in [1.165, 1.54) is 205 Å². The number of carbonyl (C=O) groups excluding carboxylic acids is 3. The van der Waals surface area contributed by atoms with Crippen molar-refractivity contribution in [3.8, 4) is 0 Å². The summed E-state index contributed by atoms with van der Waals surface area (Å²) in [7, 11) is 0. The molecule has 0 fully saturated rings. The third-order valence-corrected chi connectivity index (χ3v) is 14.0.